The summed E-state index contributed by atoms with van der Waals surface area (Å²) in [6, 6.07) is 6.15. The van der Waals surface area contributed by atoms with Gasteiger partial charge in [0.05, 0.1) is 10.7 Å². The second kappa shape index (κ2) is 7.57. The van der Waals surface area contributed by atoms with E-state index in [2.05, 4.69) is 14.9 Å². The molecule has 5 nitrogen and oxygen atoms in total. The monoisotopic (exact) mass is 348 g/mol. The lowest BCUT2D eigenvalue weighted by Gasteiger charge is -2.36. The van der Waals surface area contributed by atoms with Crippen LogP contribution in [0.25, 0.3) is 0 Å². The Morgan fingerprint density at radius 3 is 2.54 bits per heavy atom. The predicted octanol–water partition coefficient (Wildman–Crippen LogP) is 2.55. The molecule has 1 aromatic carbocycles. The standard InChI is InChI=1S/C17H18ClFN4O/c18-14-12-13(19)2-3-15(14)22-8-10-23(11-9-22)17(24)5-4-16-20-6-1-7-21-16/h1-3,6-7,12H,4-5,8-11H2. The fourth-order valence-electron chi connectivity index (χ4n) is 2.77. The largest absolute Gasteiger partial charge is 0.367 e. The zero-order valence-electron chi connectivity index (χ0n) is 13.2. The van der Waals surface area contributed by atoms with Crippen molar-refractivity contribution in [3.63, 3.8) is 0 Å². The lowest BCUT2D eigenvalue weighted by atomic mass is 10.2. The lowest BCUT2D eigenvalue weighted by molar-refractivity contribution is -0.131. The zero-order chi connectivity index (χ0) is 16.9. The third kappa shape index (κ3) is 4.00. The Kier molecular flexibility index (Phi) is 5.25. The first-order chi connectivity index (χ1) is 11.6. The Labute approximate surface area is 145 Å². The molecule has 0 atom stereocenters. The summed E-state index contributed by atoms with van der Waals surface area (Å²) < 4.78 is 13.1. The van der Waals surface area contributed by atoms with Crippen molar-refractivity contribution >= 4 is 23.2 Å². The number of hydrogen-bond donors (Lipinski definition) is 0. The van der Waals surface area contributed by atoms with Crippen LogP contribution in [0.5, 0.6) is 0 Å². The molecule has 1 saturated heterocycles. The van der Waals surface area contributed by atoms with Gasteiger partial charge in [-0.25, -0.2) is 14.4 Å². The van der Waals surface area contributed by atoms with Crippen molar-refractivity contribution in [3.05, 3.63) is 53.3 Å². The van der Waals surface area contributed by atoms with Gasteiger partial charge < -0.3 is 9.80 Å². The molecule has 2 heterocycles. The second-order valence-electron chi connectivity index (χ2n) is 5.63. The molecule has 0 saturated carbocycles. The van der Waals surface area contributed by atoms with Gasteiger partial charge in [0, 0.05) is 51.4 Å². The van der Waals surface area contributed by atoms with Gasteiger partial charge in [-0.1, -0.05) is 11.6 Å². The Morgan fingerprint density at radius 1 is 1.17 bits per heavy atom. The summed E-state index contributed by atoms with van der Waals surface area (Å²) in [5.74, 6) is 0.440. The summed E-state index contributed by atoms with van der Waals surface area (Å²) in [4.78, 5) is 24.5. The number of aryl methyl sites for hydroxylation is 1. The van der Waals surface area contributed by atoms with Crippen LogP contribution in [0.4, 0.5) is 10.1 Å². The molecule has 1 fully saturated rings. The third-order valence-electron chi connectivity index (χ3n) is 4.06. The van der Waals surface area contributed by atoms with Crippen molar-refractivity contribution in [2.45, 2.75) is 12.8 Å². The molecule has 1 aliphatic heterocycles. The van der Waals surface area contributed by atoms with E-state index in [1.807, 2.05) is 4.90 Å². The van der Waals surface area contributed by atoms with E-state index in [0.29, 0.717) is 49.9 Å². The van der Waals surface area contributed by atoms with Crippen molar-refractivity contribution < 1.29 is 9.18 Å². The molecule has 0 N–H and O–H groups in total. The van der Waals surface area contributed by atoms with Crippen LogP contribution in [0.3, 0.4) is 0 Å². The summed E-state index contributed by atoms with van der Waals surface area (Å²) in [6.07, 6.45) is 4.31. The Bertz CT molecular complexity index is 705. The Morgan fingerprint density at radius 2 is 1.88 bits per heavy atom. The van der Waals surface area contributed by atoms with Gasteiger partial charge in [0.25, 0.3) is 0 Å². The fourth-order valence-corrected chi connectivity index (χ4v) is 3.06. The van der Waals surface area contributed by atoms with Crippen LogP contribution < -0.4 is 4.90 Å². The van der Waals surface area contributed by atoms with Gasteiger partial charge in [0.1, 0.15) is 11.6 Å². The van der Waals surface area contributed by atoms with Crippen molar-refractivity contribution in [1.82, 2.24) is 14.9 Å². The number of anilines is 1. The molecule has 2 aromatic rings. The fraction of sp³-hybridized carbons (Fsp3) is 0.353. The van der Waals surface area contributed by atoms with Gasteiger partial charge >= 0.3 is 0 Å². The van der Waals surface area contributed by atoms with E-state index in [0.717, 1.165) is 5.69 Å². The maximum absolute atomic E-state index is 13.1. The van der Waals surface area contributed by atoms with Gasteiger partial charge in [0.15, 0.2) is 0 Å². The molecule has 126 valence electrons. The van der Waals surface area contributed by atoms with Gasteiger partial charge in [-0.3, -0.25) is 4.79 Å². The summed E-state index contributed by atoms with van der Waals surface area (Å²) in [7, 11) is 0. The molecule has 0 bridgehead atoms. The van der Waals surface area contributed by atoms with Crippen molar-refractivity contribution in [1.29, 1.82) is 0 Å². The van der Waals surface area contributed by atoms with Crippen LogP contribution in [-0.2, 0) is 11.2 Å². The molecule has 3 rings (SSSR count). The first-order valence-electron chi connectivity index (χ1n) is 7.87. The molecule has 0 spiro atoms. The molecule has 1 amide bonds. The summed E-state index contributed by atoms with van der Waals surface area (Å²) in [5.41, 5.74) is 0.808. The molecule has 24 heavy (non-hydrogen) atoms. The van der Waals surface area contributed by atoms with E-state index in [1.165, 1.54) is 12.1 Å². The molecular formula is C17H18ClFN4O. The number of rotatable bonds is 4. The van der Waals surface area contributed by atoms with E-state index >= 15 is 0 Å². The van der Waals surface area contributed by atoms with Crippen LogP contribution in [0, 0.1) is 5.82 Å². The number of aromatic nitrogens is 2. The molecule has 1 aromatic heterocycles. The summed E-state index contributed by atoms with van der Waals surface area (Å²) in [5, 5.41) is 0.399. The summed E-state index contributed by atoms with van der Waals surface area (Å²) >= 11 is 6.10. The summed E-state index contributed by atoms with van der Waals surface area (Å²) in [6.45, 7) is 2.61. The molecule has 1 aliphatic rings. The maximum atomic E-state index is 13.1. The maximum Gasteiger partial charge on any atom is 0.223 e. The molecule has 7 heteroatoms. The highest BCUT2D eigenvalue weighted by atomic mass is 35.5. The molecule has 0 aliphatic carbocycles. The van der Waals surface area contributed by atoms with Crippen LogP contribution in [0.1, 0.15) is 12.2 Å². The number of piperazine rings is 1. The minimum Gasteiger partial charge on any atom is -0.367 e. The second-order valence-corrected chi connectivity index (χ2v) is 6.04. The van der Waals surface area contributed by atoms with Crippen molar-refractivity contribution in [2.75, 3.05) is 31.1 Å². The quantitative estimate of drug-likeness (QED) is 0.852. The number of benzene rings is 1. The van der Waals surface area contributed by atoms with E-state index in [9.17, 15) is 9.18 Å². The van der Waals surface area contributed by atoms with E-state index in [1.54, 1.807) is 24.5 Å². The van der Waals surface area contributed by atoms with Gasteiger partial charge in [-0.15, -0.1) is 0 Å². The van der Waals surface area contributed by atoms with Crippen LogP contribution in [0.15, 0.2) is 36.7 Å². The average molecular weight is 349 g/mol. The van der Waals surface area contributed by atoms with Gasteiger partial charge in [0.2, 0.25) is 5.91 Å². The molecular weight excluding hydrogens is 331 g/mol. The smallest absolute Gasteiger partial charge is 0.223 e. The first kappa shape index (κ1) is 16.6. The first-order valence-corrected chi connectivity index (χ1v) is 8.25. The van der Waals surface area contributed by atoms with E-state index < -0.39 is 0 Å². The minimum atomic E-state index is -0.347. The topological polar surface area (TPSA) is 49.3 Å². The van der Waals surface area contributed by atoms with Crippen LogP contribution in [-0.4, -0.2) is 47.0 Å². The number of halogens is 2. The van der Waals surface area contributed by atoms with Crippen LogP contribution >= 0.6 is 11.6 Å². The lowest BCUT2D eigenvalue weighted by Crippen LogP contribution is -2.49. The third-order valence-corrected chi connectivity index (χ3v) is 4.37. The minimum absolute atomic E-state index is 0.104. The number of hydrogen-bond acceptors (Lipinski definition) is 4. The van der Waals surface area contributed by atoms with Gasteiger partial charge in [-0.2, -0.15) is 0 Å². The highest BCUT2D eigenvalue weighted by Crippen LogP contribution is 2.27. The Balaban J connectivity index is 1.52. The molecule has 0 unspecified atom stereocenters. The normalized spacial score (nSPS) is 14.8. The number of carbonyl (C=O) groups is 1. The predicted molar refractivity (Wildman–Crippen MR) is 90.6 cm³/mol. The Hall–Kier alpha value is -2.21. The van der Waals surface area contributed by atoms with Crippen molar-refractivity contribution in [3.8, 4) is 0 Å². The number of nitrogens with zero attached hydrogens (tertiary/aromatic N) is 4. The highest BCUT2D eigenvalue weighted by molar-refractivity contribution is 6.33. The van der Waals surface area contributed by atoms with Crippen molar-refractivity contribution in [2.24, 2.45) is 0 Å². The van der Waals surface area contributed by atoms with E-state index in [4.69, 9.17) is 11.6 Å². The molecule has 0 radical (unpaired) electrons. The van der Waals surface area contributed by atoms with Crippen LogP contribution in [0.2, 0.25) is 5.02 Å². The van der Waals surface area contributed by atoms with E-state index in [-0.39, 0.29) is 11.7 Å². The average Bonchev–Trinajstić information content (AvgIpc) is 2.61. The number of amides is 1. The highest BCUT2D eigenvalue weighted by Gasteiger charge is 2.22. The van der Waals surface area contributed by atoms with Gasteiger partial charge in [-0.05, 0) is 24.3 Å². The SMILES string of the molecule is O=C(CCc1ncccn1)N1CCN(c2ccc(F)cc2Cl)CC1. The zero-order valence-corrected chi connectivity index (χ0v) is 13.9. The number of carbonyl (C=O) groups excluding carboxylic acids is 1.